The van der Waals surface area contributed by atoms with Gasteiger partial charge in [-0.3, -0.25) is 0 Å². The van der Waals surface area contributed by atoms with Crippen molar-refractivity contribution >= 4 is 12.0 Å². The number of aliphatic hydroxyl groups is 1. The SMILES string of the molecule is CC1CCN(C(=O)N2CCC(O)C2)C1C(=O)O. The van der Waals surface area contributed by atoms with E-state index in [0.717, 1.165) is 6.42 Å². The second kappa shape index (κ2) is 4.52. The summed E-state index contributed by atoms with van der Waals surface area (Å²) in [5, 5.41) is 18.5. The number of β-amino-alcohol motifs (C(OH)–C–C–N with tert-alkyl or cyclic N) is 1. The highest BCUT2D eigenvalue weighted by Crippen LogP contribution is 2.26. The van der Waals surface area contributed by atoms with Crippen LogP contribution in [0.15, 0.2) is 0 Å². The number of carbonyl (C=O) groups is 2. The highest BCUT2D eigenvalue weighted by Gasteiger charge is 2.42. The molecule has 0 bridgehead atoms. The zero-order valence-corrected chi connectivity index (χ0v) is 9.87. The Morgan fingerprint density at radius 2 is 1.94 bits per heavy atom. The topological polar surface area (TPSA) is 81.1 Å². The molecule has 2 amide bonds. The Bertz CT molecular complexity index is 333. The Kier molecular flexibility index (Phi) is 3.24. The minimum Gasteiger partial charge on any atom is -0.480 e. The maximum atomic E-state index is 12.1. The van der Waals surface area contributed by atoms with Crippen molar-refractivity contribution in [1.29, 1.82) is 0 Å². The predicted octanol–water partition coefficient (Wildman–Crippen LogP) is -0.0320. The second-order valence-corrected chi connectivity index (χ2v) is 4.91. The van der Waals surface area contributed by atoms with Crippen molar-refractivity contribution in [2.45, 2.75) is 31.9 Å². The summed E-state index contributed by atoms with van der Waals surface area (Å²) in [6.45, 7) is 3.17. The minimum absolute atomic E-state index is 0.0102. The molecule has 17 heavy (non-hydrogen) atoms. The lowest BCUT2D eigenvalue weighted by atomic mass is 10.0. The molecule has 96 valence electrons. The molecule has 6 nitrogen and oxygen atoms in total. The smallest absolute Gasteiger partial charge is 0.326 e. The first-order valence-electron chi connectivity index (χ1n) is 5.97. The molecule has 2 aliphatic rings. The number of hydrogen-bond acceptors (Lipinski definition) is 3. The normalized spacial score (nSPS) is 33.2. The molecule has 0 saturated carbocycles. The van der Waals surface area contributed by atoms with Crippen LogP contribution in [-0.2, 0) is 4.79 Å². The third kappa shape index (κ3) is 2.22. The summed E-state index contributed by atoms with van der Waals surface area (Å²) in [5.74, 6) is -0.952. The van der Waals surface area contributed by atoms with E-state index >= 15 is 0 Å². The van der Waals surface area contributed by atoms with Crippen molar-refractivity contribution in [3.8, 4) is 0 Å². The fourth-order valence-electron chi connectivity index (χ4n) is 2.64. The summed E-state index contributed by atoms with van der Waals surface area (Å²) >= 11 is 0. The molecule has 2 heterocycles. The van der Waals surface area contributed by atoms with Crippen LogP contribution in [0, 0.1) is 5.92 Å². The number of nitrogens with zero attached hydrogens (tertiary/aromatic N) is 2. The van der Waals surface area contributed by atoms with E-state index in [2.05, 4.69) is 0 Å². The van der Waals surface area contributed by atoms with Crippen LogP contribution in [0.25, 0.3) is 0 Å². The van der Waals surface area contributed by atoms with Gasteiger partial charge < -0.3 is 20.0 Å². The summed E-state index contributed by atoms with van der Waals surface area (Å²) in [7, 11) is 0. The molecule has 0 aromatic rings. The molecule has 0 aromatic carbocycles. The van der Waals surface area contributed by atoms with Crippen LogP contribution in [0.2, 0.25) is 0 Å². The molecule has 0 aliphatic carbocycles. The van der Waals surface area contributed by atoms with E-state index < -0.39 is 18.1 Å². The Balaban J connectivity index is 2.06. The number of carboxylic acids is 1. The van der Waals surface area contributed by atoms with Gasteiger partial charge in [-0.25, -0.2) is 9.59 Å². The molecule has 2 aliphatic heterocycles. The molecule has 6 heteroatoms. The summed E-state index contributed by atoms with van der Waals surface area (Å²) < 4.78 is 0. The van der Waals surface area contributed by atoms with Gasteiger partial charge in [-0.15, -0.1) is 0 Å². The van der Waals surface area contributed by atoms with Crippen LogP contribution in [-0.4, -0.2) is 63.8 Å². The van der Waals surface area contributed by atoms with Crippen molar-refractivity contribution in [2.24, 2.45) is 5.92 Å². The molecule has 3 atom stereocenters. The fourth-order valence-corrected chi connectivity index (χ4v) is 2.64. The summed E-state index contributed by atoms with van der Waals surface area (Å²) in [6.07, 6.45) is 0.827. The van der Waals surface area contributed by atoms with Gasteiger partial charge >= 0.3 is 12.0 Å². The number of aliphatic hydroxyl groups excluding tert-OH is 1. The second-order valence-electron chi connectivity index (χ2n) is 4.91. The quantitative estimate of drug-likeness (QED) is 0.676. The predicted molar refractivity (Wildman–Crippen MR) is 59.5 cm³/mol. The molecule has 2 rings (SSSR count). The van der Waals surface area contributed by atoms with Crippen LogP contribution in [0.3, 0.4) is 0 Å². The van der Waals surface area contributed by atoms with E-state index in [-0.39, 0.29) is 11.9 Å². The molecule has 2 fully saturated rings. The average Bonchev–Trinajstić information content (AvgIpc) is 2.83. The lowest BCUT2D eigenvalue weighted by molar-refractivity contribution is -0.142. The van der Waals surface area contributed by atoms with Gasteiger partial charge in [0.15, 0.2) is 0 Å². The number of urea groups is 1. The van der Waals surface area contributed by atoms with Gasteiger partial charge in [0.2, 0.25) is 0 Å². The van der Waals surface area contributed by atoms with Gasteiger partial charge in [0.1, 0.15) is 6.04 Å². The maximum Gasteiger partial charge on any atom is 0.326 e. The van der Waals surface area contributed by atoms with Gasteiger partial charge in [-0.2, -0.15) is 0 Å². The Morgan fingerprint density at radius 3 is 2.47 bits per heavy atom. The Labute approximate surface area is 99.8 Å². The molecule has 3 unspecified atom stereocenters. The average molecular weight is 242 g/mol. The first-order valence-corrected chi connectivity index (χ1v) is 5.97. The Hall–Kier alpha value is -1.30. The van der Waals surface area contributed by atoms with Gasteiger partial charge in [-0.1, -0.05) is 6.92 Å². The number of carboxylic acid groups (broad SMARTS) is 1. The third-order valence-electron chi connectivity index (χ3n) is 3.63. The molecule has 2 N–H and O–H groups in total. The summed E-state index contributed by atoms with van der Waals surface area (Å²) in [6, 6.07) is -0.974. The van der Waals surface area contributed by atoms with Gasteiger partial charge in [0.25, 0.3) is 0 Å². The zero-order chi connectivity index (χ0) is 12.6. The van der Waals surface area contributed by atoms with Crippen LogP contribution < -0.4 is 0 Å². The van der Waals surface area contributed by atoms with E-state index in [1.54, 1.807) is 4.90 Å². The highest BCUT2D eigenvalue weighted by atomic mass is 16.4. The third-order valence-corrected chi connectivity index (χ3v) is 3.63. The lowest BCUT2D eigenvalue weighted by Crippen LogP contribution is -2.48. The van der Waals surface area contributed by atoms with E-state index in [1.165, 1.54) is 4.90 Å². The van der Waals surface area contributed by atoms with Gasteiger partial charge in [0.05, 0.1) is 6.10 Å². The van der Waals surface area contributed by atoms with Crippen LogP contribution in [0.4, 0.5) is 4.79 Å². The summed E-state index contributed by atoms with van der Waals surface area (Å²) in [5.41, 5.74) is 0. The van der Waals surface area contributed by atoms with E-state index in [1.807, 2.05) is 6.92 Å². The van der Waals surface area contributed by atoms with Gasteiger partial charge in [-0.05, 0) is 18.8 Å². The fraction of sp³-hybridized carbons (Fsp3) is 0.818. The first kappa shape index (κ1) is 12.2. The molecular weight excluding hydrogens is 224 g/mol. The van der Waals surface area contributed by atoms with Crippen molar-refractivity contribution in [1.82, 2.24) is 9.80 Å². The standard InChI is InChI=1S/C11H18N2O4/c1-7-2-5-13(9(7)10(15)16)11(17)12-4-3-8(14)6-12/h7-9,14H,2-6H2,1H3,(H,15,16). The summed E-state index contributed by atoms with van der Waals surface area (Å²) in [4.78, 5) is 26.2. The first-order chi connectivity index (χ1) is 8.00. The Morgan fingerprint density at radius 1 is 1.24 bits per heavy atom. The van der Waals surface area contributed by atoms with Crippen molar-refractivity contribution in [3.63, 3.8) is 0 Å². The van der Waals surface area contributed by atoms with Crippen molar-refractivity contribution < 1.29 is 19.8 Å². The maximum absolute atomic E-state index is 12.1. The van der Waals surface area contributed by atoms with Gasteiger partial charge in [0, 0.05) is 19.6 Å². The van der Waals surface area contributed by atoms with Crippen LogP contribution >= 0.6 is 0 Å². The number of rotatable bonds is 1. The van der Waals surface area contributed by atoms with Crippen molar-refractivity contribution in [3.05, 3.63) is 0 Å². The van der Waals surface area contributed by atoms with E-state index in [9.17, 15) is 14.7 Å². The number of amides is 2. The zero-order valence-electron chi connectivity index (χ0n) is 9.87. The lowest BCUT2D eigenvalue weighted by Gasteiger charge is -2.28. The van der Waals surface area contributed by atoms with Crippen molar-refractivity contribution in [2.75, 3.05) is 19.6 Å². The highest BCUT2D eigenvalue weighted by molar-refractivity contribution is 5.83. The molecule has 0 spiro atoms. The molecule has 0 aromatic heterocycles. The molecule has 0 radical (unpaired) electrons. The number of carbonyl (C=O) groups excluding carboxylic acids is 1. The largest absolute Gasteiger partial charge is 0.480 e. The van der Waals surface area contributed by atoms with Crippen LogP contribution in [0.1, 0.15) is 19.8 Å². The number of likely N-dealkylation sites (tertiary alicyclic amines) is 2. The number of hydrogen-bond donors (Lipinski definition) is 2. The number of aliphatic carboxylic acids is 1. The molecular formula is C11H18N2O4. The monoisotopic (exact) mass is 242 g/mol. The minimum atomic E-state index is -0.942. The van der Waals surface area contributed by atoms with E-state index in [4.69, 9.17) is 5.11 Å². The molecule has 2 saturated heterocycles. The van der Waals surface area contributed by atoms with Crippen LogP contribution in [0.5, 0.6) is 0 Å². The van der Waals surface area contributed by atoms with E-state index in [0.29, 0.717) is 26.1 Å².